The minimum absolute atomic E-state index is 0.0910. The van der Waals surface area contributed by atoms with Gasteiger partial charge in [0.15, 0.2) is 0 Å². The minimum Gasteiger partial charge on any atom is -0.492 e. The topological polar surface area (TPSA) is 88.7 Å². The number of anilines is 1. The van der Waals surface area contributed by atoms with E-state index in [1.165, 1.54) is 6.92 Å². The molecule has 1 aromatic carbocycles. The van der Waals surface area contributed by atoms with Crippen LogP contribution in [0.4, 0.5) is 5.69 Å². The number of rotatable bonds is 10. The third-order valence-electron chi connectivity index (χ3n) is 2.62. The Morgan fingerprint density at radius 1 is 1.18 bits per heavy atom. The molecule has 1 aromatic rings. The van der Waals surface area contributed by atoms with Gasteiger partial charge in [-0.3, -0.25) is 9.59 Å². The van der Waals surface area contributed by atoms with Crippen molar-refractivity contribution in [2.24, 2.45) is 0 Å². The molecule has 122 valence electrons. The summed E-state index contributed by atoms with van der Waals surface area (Å²) in [5, 5.41) is 8.37. The highest BCUT2D eigenvalue weighted by atomic mass is 16.5. The molecule has 0 atom stereocenters. The van der Waals surface area contributed by atoms with Crippen molar-refractivity contribution >= 4 is 17.5 Å². The van der Waals surface area contributed by atoms with E-state index in [1.807, 2.05) is 0 Å². The molecule has 0 aromatic heterocycles. The van der Waals surface area contributed by atoms with E-state index in [-0.39, 0.29) is 18.4 Å². The molecule has 0 bridgehead atoms. The van der Waals surface area contributed by atoms with Gasteiger partial charge in [-0.1, -0.05) is 6.07 Å². The van der Waals surface area contributed by atoms with E-state index in [1.54, 1.807) is 31.4 Å². The molecule has 7 heteroatoms. The zero-order valence-electron chi connectivity index (χ0n) is 13.0. The number of benzene rings is 1. The van der Waals surface area contributed by atoms with Crippen LogP contribution in [-0.2, 0) is 14.3 Å². The minimum atomic E-state index is -0.134. The molecule has 2 amide bonds. The Morgan fingerprint density at radius 2 is 2.00 bits per heavy atom. The maximum Gasteiger partial charge on any atom is 0.234 e. The van der Waals surface area contributed by atoms with Crippen molar-refractivity contribution in [1.82, 2.24) is 10.6 Å². The summed E-state index contributed by atoms with van der Waals surface area (Å²) in [6.07, 6.45) is 0. The standard InChI is InChI=1S/C15H23N3O4/c1-12(19)18-13-4-3-5-14(10-13)22-9-7-17-15(20)11-16-6-8-21-2/h3-5,10,16H,6-9,11H2,1-2H3,(H,17,20)(H,18,19). The smallest absolute Gasteiger partial charge is 0.234 e. The van der Waals surface area contributed by atoms with Gasteiger partial charge in [-0.25, -0.2) is 0 Å². The molecule has 0 aliphatic heterocycles. The summed E-state index contributed by atoms with van der Waals surface area (Å²) in [6, 6.07) is 7.09. The van der Waals surface area contributed by atoms with E-state index >= 15 is 0 Å². The van der Waals surface area contributed by atoms with Crippen LogP contribution in [0.5, 0.6) is 5.75 Å². The molecule has 3 N–H and O–H groups in total. The lowest BCUT2D eigenvalue weighted by Crippen LogP contribution is -2.37. The van der Waals surface area contributed by atoms with Crippen molar-refractivity contribution < 1.29 is 19.1 Å². The molecule has 22 heavy (non-hydrogen) atoms. The second-order valence-corrected chi connectivity index (χ2v) is 4.58. The zero-order valence-corrected chi connectivity index (χ0v) is 13.0. The van der Waals surface area contributed by atoms with Crippen LogP contribution in [0.25, 0.3) is 0 Å². The van der Waals surface area contributed by atoms with E-state index in [2.05, 4.69) is 16.0 Å². The van der Waals surface area contributed by atoms with Crippen molar-refractivity contribution in [3.63, 3.8) is 0 Å². The Morgan fingerprint density at radius 3 is 2.73 bits per heavy atom. The van der Waals surface area contributed by atoms with Crippen LogP contribution in [0.1, 0.15) is 6.92 Å². The molecule has 1 rings (SSSR count). The predicted octanol–water partition coefficient (Wildman–Crippen LogP) is 0.376. The summed E-state index contributed by atoms with van der Waals surface area (Å²) in [5.41, 5.74) is 0.677. The maximum absolute atomic E-state index is 11.5. The Bertz CT molecular complexity index is 480. The first-order valence-electron chi connectivity index (χ1n) is 7.08. The van der Waals surface area contributed by atoms with Crippen LogP contribution in [0.3, 0.4) is 0 Å². The van der Waals surface area contributed by atoms with Gasteiger partial charge in [-0.05, 0) is 12.1 Å². The van der Waals surface area contributed by atoms with E-state index in [9.17, 15) is 9.59 Å². The Hall–Kier alpha value is -2.12. The normalized spacial score (nSPS) is 10.1. The monoisotopic (exact) mass is 309 g/mol. The van der Waals surface area contributed by atoms with Crippen LogP contribution in [0.2, 0.25) is 0 Å². The van der Waals surface area contributed by atoms with E-state index < -0.39 is 0 Å². The number of carbonyl (C=O) groups excluding carboxylic acids is 2. The van der Waals surface area contributed by atoms with Gasteiger partial charge in [-0.2, -0.15) is 0 Å². The largest absolute Gasteiger partial charge is 0.492 e. The lowest BCUT2D eigenvalue weighted by atomic mass is 10.3. The third kappa shape index (κ3) is 8.23. The molecule has 7 nitrogen and oxygen atoms in total. The highest BCUT2D eigenvalue weighted by Crippen LogP contribution is 2.16. The van der Waals surface area contributed by atoms with Crippen molar-refractivity contribution in [2.75, 3.05) is 45.3 Å². The molecular weight excluding hydrogens is 286 g/mol. The number of nitrogens with one attached hydrogen (secondary N) is 3. The predicted molar refractivity (Wildman–Crippen MR) is 84.0 cm³/mol. The molecule has 0 radical (unpaired) electrons. The average molecular weight is 309 g/mol. The number of methoxy groups -OCH3 is 1. The van der Waals surface area contributed by atoms with Gasteiger partial charge in [0.1, 0.15) is 12.4 Å². The molecule has 0 saturated heterocycles. The first-order chi connectivity index (χ1) is 10.6. The van der Waals surface area contributed by atoms with Crippen LogP contribution < -0.4 is 20.7 Å². The van der Waals surface area contributed by atoms with Crippen LogP contribution in [0, 0.1) is 0 Å². The first kappa shape index (κ1) is 17.9. The molecule has 0 saturated carbocycles. The molecule has 0 aliphatic rings. The summed E-state index contributed by atoms with van der Waals surface area (Å²) in [5.74, 6) is 0.413. The van der Waals surface area contributed by atoms with Gasteiger partial charge >= 0.3 is 0 Å². The SMILES string of the molecule is COCCNCC(=O)NCCOc1cccc(NC(C)=O)c1. The van der Waals surface area contributed by atoms with Crippen LogP contribution in [-0.4, -0.2) is 51.8 Å². The molecule has 0 fully saturated rings. The summed E-state index contributed by atoms with van der Waals surface area (Å²) < 4.78 is 10.4. The highest BCUT2D eigenvalue weighted by Gasteiger charge is 2.01. The van der Waals surface area contributed by atoms with Crippen molar-refractivity contribution in [2.45, 2.75) is 6.92 Å². The Labute approximate surface area is 130 Å². The number of hydrogen-bond acceptors (Lipinski definition) is 5. The fraction of sp³-hybridized carbons (Fsp3) is 0.467. The summed E-state index contributed by atoms with van der Waals surface area (Å²) >= 11 is 0. The highest BCUT2D eigenvalue weighted by molar-refractivity contribution is 5.88. The van der Waals surface area contributed by atoms with Crippen LogP contribution >= 0.6 is 0 Å². The lowest BCUT2D eigenvalue weighted by Gasteiger charge is -2.09. The van der Waals surface area contributed by atoms with Gasteiger partial charge in [0.2, 0.25) is 11.8 Å². The van der Waals surface area contributed by atoms with Gasteiger partial charge in [0, 0.05) is 32.3 Å². The average Bonchev–Trinajstić information content (AvgIpc) is 2.48. The van der Waals surface area contributed by atoms with Crippen molar-refractivity contribution in [3.05, 3.63) is 24.3 Å². The number of ether oxygens (including phenoxy) is 2. The molecule has 0 unspecified atom stereocenters. The Balaban J connectivity index is 2.18. The fourth-order valence-corrected chi connectivity index (χ4v) is 1.66. The van der Waals surface area contributed by atoms with Gasteiger partial charge in [0.05, 0.1) is 19.7 Å². The van der Waals surface area contributed by atoms with E-state index in [0.717, 1.165) is 0 Å². The van der Waals surface area contributed by atoms with E-state index in [0.29, 0.717) is 37.7 Å². The number of carbonyl (C=O) groups is 2. The fourth-order valence-electron chi connectivity index (χ4n) is 1.66. The zero-order chi connectivity index (χ0) is 16.2. The van der Waals surface area contributed by atoms with Gasteiger partial charge < -0.3 is 25.4 Å². The number of hydrogen-bond donors (Lipinski definition) is 3. The second-order valence-electron chi connectivity index (χ2n) is 4.58. The quantitative estimate of drug-likeness (QED) is 0.544. The van der Waals surface area contributed by atoms with E-state index in [4.69, 9.17) is 9.47 Å². The molecule has 0 heterocycles. The first-order valence-corrected chi connectivity index (χ1v) is 7.08. The van der Waals surface area contributed by atoms with Crippen LogP contribution in [0.15, 0.2) is 24.3 Å². The summed E-state index contributed by atoms with van der Waals surface area (Å²) in [4.78, 5) is 22.4. The number of amides is 2. The summed E-state index contributed by atoms with van der Waals surface area (Å²) in [7, 11) is 1.61. The third-order valence-corrected chi connectivity index (χ3v) is 2.62. The Kier molecular flexibility index (Phi) is 8.63. The van der Waals surface area contributed by atoms with Gasteiger partial charge in [0.25, 0.3) is 0 Å². The van der Waals surface area contributed by atoms with Crippen molar-refractivity contribution in [3.8, 4) is 5.75 Å². The molecule has 0 aliphatic carbocycles. The van der Waals surface area contributed by atoms with Gasteiger partial charge in [-0.15, -0.1) is 0 Å². The summed E-state index contributed by atoms with van der Waals surface area (Å²) in [6.45, 7) is 3.67. The maximum atomic E-state index is 11.5. The molecular formula is C15H23N3O4. The lowest BCUT2D eigenvalue weighted by molar-refractivity contribution is -0.120. The molecule has 0 spiro atoms. The van der Waals surface area contributed by atoms with Crippen molar-refractivity contribution in [1.29, 1.82) is 0 Å². The second kappa shape index (κ2) is 10.6.